The standard InChI is InChI=1S/C20H23BrN2O/c1-15-5-3-4-6-17(15)14-20(24)23-11-9-22(10-12-23)18-7-8-19(21)16(2)13-18/h3-8,13H,9-12,14H2,1-2H3. The molecule has 0 N–H and O–H groups in total. The maximum atomic E-state index is 12.6. The number of anilines is 1. The van der Waals surface area contributed by atoms with Gasteiger partial charge in [0, 0.05) is 36.3 Å². The molecule has 0 saturated carbocycles. The molecule has 4 heteroatoms. The first-order valence-corrected chi connectivity index (χ1v) is 9.17. The second-order valence-corrected chi connectivity index (χ2v) is 7.26. The van der Waals surface area contributed by atoms with Gasteiger partial charge >= 0.3 is 0 Å². The lowest BCUT2D eigenvalue weighted by Gasteiger charge is -2.36. The van der Waals surface area contributed by atoms with Crippen molar-refractivity contribution in [2.24, 2.45) is 0 Å². The molecule has 1 fully saturated rings. The van der Waals surface area contributed by atoms with E-state index >= 15 is 0 Å². The summed E-state index contributed by atoms with van der Waals surface area (Å²) in [5.74, 6) is 0.232. The lowest BCUT2D eigenvalue weighted by Crippen LogP contribution is -2.49. The van der Waals surface area contributed by atoms with Gasteiger partial charge in [-0.2, -0.15) is 0 Å². The molecule has 3 rings (SSSR count). The summed E-state index contributed by atoms with van der Waals surface area (Å²) in [7, 11) is 0. The van der Waals surface area contributed by atoms with Gasteiger partial charge in [0.25, 0.3) is 0 Å². The molecular formula is C20H23BrN2O. The Morgan fingerprint density at radius 3 is 2.38 bits per heavy atom. The second kappa shape index (κ2) is 7.39. The number of hydrogen-bond donors (Lipinski definition) is 0. The normalized spacial score (nSPS) is 14.8. The van der Waals surface area contributed by atoms with Crippen molar-refractivity contribution < 1.29 is 4.79 Å². The molecule has 0 aromatic heterocycles. The highest BCUT2D eigenvalue weighted by Crippen LogP contribution is 2.24. The van der Waals surface area contributed by atoms with Crippen molar-refractivity contribution >= 4 is 27.5 Å². The summed E-state index contributed by atoms with van der Waals surface area (Å²) in [5, 5.41) is 0. The zero-order chi connectivity index (χ0) is 17.1. The topological polar surface area (TPSA) is 23.6 Å². The zero-order valence-electron chi connectivity index (χ0n) is 14.3. The summed E-state index contributed by atoms with van der Waals surface area (Å²) in [6.45, 7) is 7.53. The van der Waals surface area contributed by atoms with Crippen LogP contribution in [0.4, 0.5) is 5.69 Å². The van der Waals surface area contributed by atoms with Crippen LogP contribution in [0.3, 0.4) is 0 Å². The van der Waals surface area contributed by atoms with Gasteiger partial charge in [-0.05, 0) is 48.7 Å². The van der Waals surface area contributed by atoms with E-state index in [1.165, 1.54) is 16.8 Å². The van der Waals surface area contributed by atoms with Gasteiger partial charge in [0.15, 0.2) is 0 Å². The molecule has 24 heavy (non-hydrogen) atoms. The molecule has 1 heterocycles. The predicted molar refractivity (Wildman–Crippen MR) is 103 cm³/mol. The first-order chi connectivity index (χ1) is 11.5. The molecule has 1 saturated heterocycles. The molecule has 0 atom stereocenters. The number of carbonyl (C=O) groups is 1. The van der Waals surface area contributed by atoms with Crippen molar-refractivity contribution in [3.05, 3.63) is 63.6 Å². The van der Waals surface area contributed by atoms with Crippen molar-refractivity contribution in [3.8, 4) is 0 Å². The summed E-state index contributed by atoms with van der Waals surface area (Å²) in [6, 6.07) is 14.6. The van der Waals surface area contributed by atoms with Gasteiger partial charge in [-0.3, -0.25) is 4.79 Å². The Morgan fingerprint density at radius 2 is 1.71 bits per heavy atom. The molecule has 0 aliphatic carbocycles. The van der Waals surface area contributed by atoms with Crippen molar-refractivity contribution in [1.82, 2.24) is 4.90 Å². The van der Waals surface area contributed by atoms with E-state index in [0.29, 0.717) is 6.42 Å². The van der Waals surface area contributed by atoms with Crippen LogP contribution in [0.5, 0.6) is 0 Å². The van der Waals surface area contributed by atoms with E-state index in [0.717, 1.165) is 36.2 Å². The molecule has 0 radical (unpaired) electrons. The first kappa shape index (κ1) is 17.0. The molecule has 2 aromatic rings. The van der Waals surface area contributed by atoms with Gasteiger partial charge in [-0.25, -0.2) is 0 Å². The lowest BCUT2D eigenvalue weighted by molar-refractivity contribution is -0.130. The fraction of sp³-hybridized carbons (Fsp3) is 0.350. The van der Waals surface area contributed by atoms with Crippen LogP contribution in [0.2, 0.25) is 0 Å². The van der Waals surface area contributed by atoms with Crippen LogP contribution in [-0.2, 0) is 11.2 Å². The maximum absolute atomic E-state index is 12.6. The highest BCUT2D eigenvalue weighted by molar-refractivity contribution is 9.10. The minimum atomic E-state index is 0.232. The fourth-order valence-corrected chi connectivity index (χ4v) is 3.37. The summed E-state index contributed by atoms with van der Waals surface area (Å²) >= 11 is 3.55. The fourth-order valence-electron chi connectivity index (χ4n) is 3.12. The quantitative estimate of drug-likeness (QED) is 0.796. The first-order valence-electron chi connectivity index (χ1n) is 8.38. The van der Waals surface area contributed by atoms with E-state index in [9.17, 15) is 4.79 Å². The third kappa shape index (κ3) is 3.81. The van der Waals surface area contributed by atoms with Crippen LogP contribution in [0.15, 0.2) is 46.9 Å². The van der Waals surface area contributed by atoms with Crippen LogP contribution < -0.4 is 4.90 Å². The molecule has 3 nitrogen and oxygen atoms in total. The molecule has 1 aliphatic rings. The third-order valence-electron chi connectivity index (χ3n) is 4.74. The number of rotatable bonds is 3. The monoisotopic (exact) mass is 386 g/mol. The van der Waals surface area contributed by atoms with Gasteiger partial charge < -0.3 is 9.80 Å². The number of carbonyl (C=O) groups excluding carboxylic acids is 1. The molecule has 0 bridgehead atoms. The number of aryl methyl sites for hydroxylation is 2. The SMILES string of the molecule is Cc1cc(N2CCN(C(=O)Cc3ccccc3C)CC2)ccc1Br. The molecule has 0 spiro atoms. The zero-order valence-corrected chi connectivity index (χ0v) is 15.8. The Hall–Kier alpha value is -1.81. The van der Waals surface area contributed by atoms with Gasteiger partial charge in [0.2, 0.25) is 5.91 Å². The van der Waals surface area contributed by atoms with Gasteiger partial charge in [-0.1, -0.05) is 40.2 Å². The number of hydrogen-bond acceptors (Lipinski definition) is 2. The minimum absolute atomic E-state index is 0.232. The van der Waals surface area contributed by atoms with E-state index < -0.39 is 0 Å². The van der Waals surface area contributed by atoms with Crippen molar-refractivity contribution in [2.45, 2.75) is 20.3 Å². The van der Waals surface area contributed by atoms with Crippen molar-refractivity contribution in [3.63, 3.8) is 0 Å². The molecule has 1 amide bonds. The van der Waals surface area contributed by atoms with Crippen molar-refractivity contribution in [1.29, 1.82) is 0 Å². The molecular weight excluding hydrogens is 364 g/mol. The second-order valence-electron chi connectivity index (χ2n) is 6.40. The Morgan fingerprint density at radius 1 is 1.00 bits per heavy atom. The number of benzene rings is 2. The summed E-state index contributed by atoms with van der Waals surface area (Å²) in [5.41, 5.74) is 4.80. The van der Waals surface area contributed by atoms with Crippen LogP contribution in [-0.4, -0.2) is 37.0 Å². The van der Waals surface area contributed by atoms with E-state index in [4.69, 9.17) is 0 Å². The van der Waals surface area contributed by atoms with Gasteiger partial charge in [0.05, 0.1) is 6.42 Å². The minimum Gasteiger partial charge on any atom is -0.368 e. The molecule has 2 aromatic carbocycles. The smallest absolute Gasteiger partial charge is 0.227 e. The molecule has 0 unspecified atom stereocenters. The number of amides is 1. The lowest BCUT2D eigenvalue weighted by atomic mass is 10.1. The number of nitrogens with zero attached hydrogens (tertiary/aromatic N) is 2. The van der Waals surface area contributed by atoms with E-state index in [-0.39, 0.29) is 5.91 Å². The van der Waals surface area contributed by atoms with E-state index in [1.54, 1.807) is 0 Å². The van der Waals surface area contributed by atoms with Gasteiger partial charge in [-0.15, -0.1) is 0 Å². The van der Waals surface area contributed by atoms with Crippen LogP contribution in [0.25, 0.3) is 0 Å². The molecule has 126 valence electrons. The van der Waals surface area contributed by atoms with Crippen LogP contribution in [0.1, 0.15) is 16.7 Å². The number of halogens is 1. The largest absolute Gasteiger partial charge is 0.368 e. The van der Waals surface area contributed by atoms with Crippen LogP contribution >= 0.6 is 15.9 Å². The Balaban J connectivity index is 1.59. The average molecular weight is 387 g/mol. The third-order valence-corrected chi connectivity index (χ3v) is 5.63. The Bertz CT molecular complexity index is 736. The Labute approximate surface area is 152 Å². The average Bonchev–Trinajstić information content (AvgIpc) is 2.59. The molecule has 1 aliphatic heterocycles. The summed E-state index contributed by atoms with van der Waals surface area (Å²) in [4.78, 5) is 16.9. The highest BCUT2D eigenvalue weighted by atomic mass is 79.9. The predicted octanol–water partition coefficient (Wildman–Crippen LogP) is 3.96. The van der Waals surface area contributed by atoms with E-state index in [2.05, 4.69) is 58.9 Å². The number of piperazine rings is 1. The van der Waals surface area contributed by atoms with E-state index in [1.807, 2.05) is 23.1 Å². The van der Waals surface area contributed by atoms with Gasteiger partial charge in [0.1, 0.15) is 0 Å². The maximum Gasteiger partial charge on any atom is 0.227 e. The van der Waals surface area contributed by atoms with Crippen LogP contribution in [0, 0.1) is 13.8 Å². The van der Waals surface area contributed by atoms with Crippen molar-refractivity contribution in [2.75, 3.05) is 31.1 Å². The summed E-state index contributed by atoms with van der Waals surface area (Å²) < 4.78 is 1.14. The Kier molecular flexibility index (Phi) is 5.24. The summed E-state index contributed by atoms with van der Waals surface area (Å²) in [6.07, 6.45) is 0.504. The highest BCUT2D eigenvalue weighted by Gasteiger charge is 2.21.